The summed E-state index contributed by atoms with van der Waals surface area (Å²) in [4.78, 5) is 29.6. The number of aromatic nitrogens is 2. The highest BCUT2D eigenvalue weighted by molar-refractivity contribution is 5.87. The molecule has 1 aromatic rings. The Morgan fingerprint density at radius 1 is 1.50 bits per heavy atom. The molecule has 1 aliphatic rings. The number of carbonyl (C=O) groups excluding carboxylic acids is 1. The second kappa shape index (κ2) is 4.92. The summed E-state index contributed by atoms with van der Waals surface area (Å²) in [6.45, 7) is 8.45. The minimum Gasteiger partial charge on any atom is -0.481 e. The van der Waals surface area contributed by atoms with Crippen molar-refractivity contribution in [2.45, 2.75) is 52.2 Å². The number of likely N-dealkylation sites (tertiary alicyclic amines) is 1. The first kappa shape index (κ1) is 14.6. The predicted molar refractivity (Wildman–Crippen MR) is 73.0 cm³/mol. The van der Waals surface area contributed by atoms with Crippen LogP contribution in [0.15, 0.2) is 12.5 Å². The van der Waals surface area contributed by atoms with E-state index in [0.717, 1.165) is 5.69 Å². The van der Waals surface area contributed by atoms with Crippen molar-refractivity contribution in [3.05, 3.63) is 18.2 Å². The fraction of sp³-hybridized carbons (Fsp3) is 0.643. The average Bonchev–Trinajstić information content (AvgIpc) is 2.90. The van der Waals surface area contributed by atoms with Gasteiger partial charge in [0.15, 0.2) is 0 Å². The summed E-state index contributed by atoms with van der Waals surface area (Å²) in [5.41, 5.74) is 0.370. The van der Waals surface area contributed by atoms with Crippen LogP contribution in [0.4, 0.5) is 0 Å². The third kappa shape index (κ3) is 2.30. The zero-order valence-corrected chi connectivity index (χ0v) is 12.3. The zero-order valence-electron chi connectivity index (χ0n) is 12.3. The lowest BCUT2D eigenvalue weighted by Gasteiger charge is -2.38. The van der Waals surface area contributed by atoms with Crippen LogP contribution < -0.4 is 0 Å². The molecule has 0 aromatic carbocycles. The van der Waals surface area contributed by atoms with Crippen LogP contribution in [-0.2, 0) is 16.1 Å². The van der Waals surface area contributed by atoms with Gasteiger partial charge in [0, 0.05) is 18.5 Å². The fourth-order valence-corrected chi connectivity index (χ4v) is 2.93. The fourth-order valence-electron chi connectivity index (χ4n) is 2.93. The minimum absolute atomic E-state index is 0.0478. The molecular formula is C14H21N3O3. The van der Waals surface area contributed by atoms with Crippen LogP contribution in [0.5, 0.6) is 0 Å². The van der Waals surface area contributed by atoms with Gasteiger partial charge in [-0.15, -0.1) is 0 Å². The number of carbonyl (C=O) groups is 2. The molecule has 1 fully saturated rings. The summed E-state index contributed by atoms with van der Waals surface area (Å²) in [5.74, 6) is -1.76. The number of hydrogen-bond acceptors (Lipinski definition) is 3. The topological polar surface area (TPSA) is 75.4 Å². The molecule has 0 bridgehead atoms. The molecule has 0 saturated carbocycles. The Morgan fingerprint density at radius 3 is 2.65 bits per heavy atom. The van der Waals surface area contributed by atoms with Gasteiger partial charge >= 0.3 is 5.97 Å². The number of aryl methyl sites for hydroxylation is 1. The number of amides is 1. The van der Waals surface area contributed by atoms with E-state index in [2.05, 4.69) is 4.98 Å². The highest BCUT2D eigenvalue weighted by Gasteiger charge is 2.49. The quantitative estimate of drug-likeness (QED) is 0.913. The number of carboxylic acid groups (broad SMARTS) is 1. The first-order chi connectivity index (χ1) is 9.27. The molecule has 2 atom stereocenters. The molecule has 1 amide bonds. The molecule has 6 nitrogen and oxygen atoms in total. The van der Waals surface area contributed by atoms with E-state index in [-0.39, 0.29) is 12.3 Å². The van der Waals surface area contributed by atoms with Crippen LogP contribution in [0.25, 0.3) is 0 Å². The van der Waals surface area contributed by atoms with Gasteiger partial charge in [-0.05, 0) is 27.7 Å². The van der Waals surface area contributed by atoms with E-state index in [1.807, 2.05) is 32.3 Å². The minimum atomic E-state index is -0.932. The molecule has 20 heavy (non-hydrogen) atoms. The van der Waals surface area contributed by atoms with E-state index in [9.17, 15) is 14.7 Å². The Morgan fingerprint density at radius 2 is 2.15 bits per heavy atom. The Labute approximate surface area is 118 Å². The summed E-state index contributed by atoms with van der Waals surface area (Å²) < 4.78 is 1.90. The van der Waals surface area contributed by atoms with Gasteiger partial charge in [0.25, 0.3) is 0 Å². The summed E-state index contributed by atoms with van der Waals surface area (Å²) in [6, 6.07) is -0.456. The second-order valence-corrected chi connectivity index (χ2v) is 6.13. The van der Waals surface area contributed by atoms with E-state index >= 15 is 0 Å². The van der Waals surface area contributed by atoms with Gasteiger partial charge in [-0.2, -0.15) is 0 Å². The first-order valence-electron chi connectivity index (χ1n) is 6.82. The normalized spacial score (nSPS) is 23.4. The molecule has 1 saturated heterocycles. The molecule has 1 aromatic heterocycles. The lowest BCUT2D eigenvalue weighted by molar-refractivity contribution is -0.143. The number of aliphatic carboxylic acids is 1. The molecule has 6 heteroatoms. The zero-order chi connectivity index (χ0) is 15.1. The SMILES string of the molecule is CCn1cncc1C1C(C(=O)O)CC(=O)N1C(C)(C)C. The third-order valence-corrected chi connectivity index (χ3v) is 3.75. The van der Waals surface area contributed by atoms with Crippen molar-refractivity contribution < 1.29 is 14.7 Å². The van der Waals surface area contributed by atoms with Gasteiger partial charge in [0.2, 0.25) is 5.91 Å². The summed E-state index contributed by atoms with van der Waals surface area (Å²) in [5, 5.41) is 9.44. The maximum absolute atomic E-state index is 12.3. The molecule has 2 heterocycles. The van der Waals surface area contributed by atoms with Gasteiger partial charge < -0.3 is 14.6 Å². The van der Waals surface area contributed by atoms with E-state index in [4.69, 9.17) is 0 Å². The van der Waals surface area contributed by atoms with Crippen molar-refractivity contribution in [1.29, 1.82) is 0 Å². The van der Waals surface area contributed by atoms with E-state index in [0.29, 0.717) is 6.54 Å². The number of imidazole rings is 1. The highest BCUT2D eigenvalue weighted by atomic mass is 16.4. The third-order valence-electron chi connectivity index (χ3n) is 3.75. The highest BCUT2D eigenvalue weighted by Crippen LogP contribution is 2.42. The molecule has 110 valence electrons. The predicted octanol–water partition coefficient (Wildman–Crippen LogP) is 1.68. The maximum atomic E-state index is 12.3. The standard InChI is InChI=1S/C14H21N3O3/c1-5-16-8-15-7-10(16)12-9(13(19)20)6-11(18)17(12)14(2,3)4/h7-9,12H,5-6H2,1-4H3,(H,19,20). The lowest BCUT2D eigenvalue weighted by Crippen LogP contribution is -2.45. The summed E-state index contributed by atoms with van der Waals surface area (Å²) >= 11 is 0. The number of rotatable bonds is 3. The molecule has 1 N–H and O–H groups in total. The second-order valence-electron chi connectivity index (χ2n) is 6.13. The van der Waals surface area contributed by atoms with Crippen molar-refractivity contribution in [3.8, 4) is 0 Å². The van der Waals surface area contributed by atoms with Crippen molar-refractivity contribution >= 4 is 11.9 Å². The largest absolute Gasteiger partial charge is 0.481 e. The Bertz CT molecular complexity index is 530. The lowest BCUT2D eigenvalue weighted by atomic mass is 9.95. The summed E-state index contributed by atoms with van der Waals surface area (Å²) in [7, 11) is 0. The van der Waals surface area contributed by atoms with E-state index in [1.54, 1.807) is 17.4 Å². The van der Waals surface area contributed by atoms with Crippen LogP contribution in [-0.4, -0.2) is 37.0 Å². The van der Waals surface area contributed by atoms with Crippen molar-refractivity contribution in [3.63, 3.8) is 0 Å². The number of nitrogens with zero attached hydrogens (tertiary/aromatic N) is 3. The van der Waals surface area contributed by atoms with Gasteiger partial charge in [-0.25, -0.2) is 4.98 Å². The Kier molecular flexibility index (Phi) is 3.58. The van der Waals surface area contributed by atoms with Crippen molar-refractivity contribution in [2.24, 2.45) is 5.92 Å². The van der Waals surface area contributed by atoms with Crippen LogP contribution in [0.3, 0.4) is 0 Å². The van der Waals surface area contributed by atoms with Crippen molar-refractivity contribution in [1.82, 2.24) is 14.5 Å². The molecule has 1 aliphatic heterocycles. The number of carboxylic acids is 1. The van der Waals surface area contributed by atoms with Gasteiger partial charge in [0.05, 0.1) is 30.2 Å². The van der Waals surface area contributed by atoms with Crippen LogP contribution >= 0.6 is 0 Å². The molecular weight excluding hydrogens is 258 g/mol. The van der Waals surface area contributed by atoms with Gasteiger partial charge in [-0.3, -0.25) is 9.59 Å². The molecule has 2 unspecified atom stereocenters. The first-order valence-corrected chi connectivity index (χ1v) is 6.82. The Balaban J connectivity index is 2.52. The maximum Gasteiger partial charge on any atom is 0.309 e. The Hall–Kier alpha value is -1.85. The van der Waals surface area contributed by atoms with E-state index < -0.39 is 23.5 Å². The summed E-state index contributed by atoms with van der Waals surface area (Å²) in [6.07, 6.45) is 3.39. The smallest absolute Gasteiger partial charge is 0.309 e. The van der Waals surface area contributed by atoms with Crippen LogP contribution in [0.1, 0.15) is 45.9 Å². The monoisotopic (exact) mass is 279 g/mol. The molecule has 0 radical (unpaired) electrons. The van der Waals surface area contributed by atoms with Crippen LogP contribution in [0, 0.1) is 5.92 Å². The van der Waals surface area contributed by atoms with E-state index in [1.165, 1.54) is 0 Å². The van der Waals surface area contributed by atoms with Crippen molar-refractivity contribution in [2.75, 3.05) is 0 Å². The average molecular weight is 279 g/mol. The molecule has 0 aliphatic carbocycles. The van der Waals surface area contributed by atoms with Crippen LogP contribution in [0.2, 0.25) is 0 Å². The molecule has 0 spiro atoms. The molecule has 2 rings (SSSR count). The van der Waals surface area contributed by atoms with Gasteiger partial charge in [0.1, 0.15) is 0 Å². The number of hydrogen-bond donors (Lipinski definition) is 1. The van der Waals surface area contributed by atoms with Gasteiger partial charge in [-0.1, -0.05) is 0 Å².